The van der Waals surface area contributed by atoms with E-state index in [1.54, 1.807) is 6.20 Å². The second-order valence-corrected chi connectivity index (χ2v) is 6.47. The van der Waals surface area contributed by atoms with Crippen LogP contribution in [0.3, 0.4) is 0 Å². The number of aromatic nitrogens is 2. The second kappa shape index (κ2) is 9.23. The van der Waals surface area contributed by atoms with Crippen LogP contribution in [-0.2, 0) is 6.42 Å². The average molecular weight is 347 g/mol. The van der Waals surface area contributed by atoms with Crippen molar-refractivity contribution in [3.05, 3.63) is 52.9 Å². The summed E-state index contributed by atoms with van der Waals surface area (Å²) in [5, 5.41) is 6.77. The number of hydrogen-bond donors (Lipinski definition) is 2. The van der Waals surface area contributed by atoms with Gasteiger partial charge in [-0.3, -0.25) is 4.79 Å². The highest BCUT2D eigenvalue weighted by Crippen LogP contribution is 2.11. The van der Waals surface area contributed by atoms with Gasteiger partial charge in [0.15, 0.2) is 0 Å². The van der Waals surface area contributed by atoms with Crippen molar-refractivity contribution in [3.8, 4) is 0 Å². The molecule has 5 nitrogen and oxygen atoms in total. The summed E-state index contributed by atoms with van der Waals surface area (Å²) >= 11 is 5.96. The molecule has 1 aromatic heterocycles. The van der Waals surface area contributed by atoms with Crippen LogP contribution in [0, 0.1) is 5.92 Å². The van der Waals surface area contributed by atoms with Gasteiger partial charge in [0.1, 0.15) is 11.5 Å². The summed E-state index contributed by atoms with van der Waals surface area (Å²) < 4.78 is 0. The molecule has 1 amide bonds. The van der Waals surface area contributed by atoms with Gasteiger partial charge in [0.2, 0.25) is 0 Å². The Kier molecular flexibility index (Phi) is 7.00. The van der Waals surface area contributed by atoms with Crippen molar-refractivity contribution in [3.63, 3.8) is 0 Å². The maximum Gasteiger partial charge on any atom is 0.271 e. The molecule has 0 aliphatic rings. The maximum atomic E-state index is 11.9. The lowest BCUT2D eigenvalue weighted by molar-refractivity contribution is 0.0946. The smallest absolute Gasteiger partial charge is 0.271 e. The van der Waals surface area contributed by atoms with Crippen molar-refractivity contribution in [2.45, 2.75) is 26.7 Å². The lowest BCUT2D eigenvalue weighted by Gasteiger charge is -2.08. The number of hydrogen-bond acceptors (Lipinski definition) is 4. The molecule has 24 heavy (non-hydrogen) atoms. The SMILES string of the molecule is CC(C)CCNC(=O)c1cnc(NCCc2cccc(Cl)c2)cn1. The highest BCUT2D eigenvalue weighted by molar-refractivity contribution is 6.30. The van der Waals surface area contributed by atoms with Crippen LogP contribution in [0.25, 0.3) is 0 Å². The van der Waals surface area contributed by atoms with E-state index in [9.17, 15) is 4.79 Å². The van der Waals surface area contributed by atoms with E-state index in [1.165, 1.54) is 6.20 Å². The van der Waals surface area contributed by atoms with Crippen LogP contribution in [0.5, 0.6) is 0 Å². The monoisotopic (exact) mass is 346 g/mol. The first-order valence-electron chi connectivity index (χ1n) is 8.13. The summed E-state index contributed by atoms with van der Waals surface area (Å²) in [6, 6.07) is 7.77. The molecule has 128 valence electrons. The van der Waals surface area contributed by atoms with Gasteiger partial charge in [0, 0.05) is 18.1 Å². The van der Waals surface area contributed by atoms with E-state index in [0.29, 0.717) is 24.0 Å². The minimum absolute atomic E-state index is 0.186. The summed E-state index contributed by atoms with van der Waals surface area (Å²) in [4.78, 5) is 20.3. The Morgan fingerprint density at radius 2 is 2.04 bits per heavy atom. The fraction of sp³-hybridized carbons (Fsp3) is 0.389. The standard InChI is InChI=1S/C18H23ClN4O/c1-13(2)6-8-21-18(24)16-11-23-17(12-22-16)20-9-7-14-4-3-5-15(19)10-14/h3-5,10-13H,6-9H2,1-2H3,(H,20,23)(H,21,24). The van der Waals surface area contributed by atoms with Crippen molar-refractivity contribution in [1.82, 2.24) is 15.3 Å². The lowest BCUT2D eigenvalue weighted by atomic mass is 10.1. The van der Waals surface area contributed by atoms with Gasteiger partial charge in [-0.2, -0.15) is 0 Å². The number of anilines is 1. The lowest BCUT2D eigenvalue weighted by Crippen LogP contribution is -2.26. The molecule has 0 saturated carbocycles. The first-order chi connectivity index (χ1) is 11.5. The van der Waals surface area contributed by atoms with E-state index in [-0.39, 0.29) is 5.91 Å². The van der Waals surface area contributed by atoms with E-state index < -0.39 is 0 Å². The first-order valence-corrected chi connectivity index (χ1v) is 8.51. The molecule has 0 spiro atoms. The molecule has 0 atom stereocenters. The number of benzene rings is 1. The first kappa shape index (κ1) is 18.2. The van der Waals surface area contributed by atoms with Gasteiger partial charge >= 0.3 is 0 Å². The van der Waals surface area contributed by atoms with Gasteiger partial charge in [-0.1, -0.05) is 37.6 Å². The highest BCUT2D eigenvalue weighted by atomic mass is 35.5. The van der Waals surface area contributed by atoms with Crippen LogP contribution in [0.15, 0.2) is 36.7 Å². The number of rotatable bonds is 8. The van der Waals surface area contributed by atoms with Crippen LogP contribution < -0.4 is 10.6 Å². The number of nitrogens with one attached hydrogen (secondary N) is 2. The summed E-state index contributed by atoms with van der Waals surface area (Å²) in [6.07, 6.45) is 4.85. The molecule has 6 heteroatoms. The van der Waals surface area contributed by atoms with Gasteiger partial charge in [0.05, 0.1) is 12.4 Å². The zero-order chi connectivity index (χ0) is 17.4. The number of amides is 1. The Morgan fingerprint density at radius 3 is 2.71 bits per heavy atom. The molecule has 0 aliphatic heterocycles. The molecule has 0 aliphatic carbocycles. The minimum Gasteiger partial charge on any atom is -0.368 e. The number of carbonyl (C=O) groups excluding carboxylic acids is 1. The molecule has 2 N–H and O–H groups in total. The molecular weight excluding hydrogens is 324 g/mol. The van der Waals surface area contributed by atoms with E-state index in [2.05, 4.69) is 34.4 Å². The summed E-state index contributed by atoms with van der Waals surface area (Å²) in [7, 11) is 0. The topological polar surface area (TPSA) is 66.9 Å². The Hall–Kier alpha value is -2.14. The van der Waals surface area contributed by atoms with Gasteiger partial charge in [-0.25, -0.2) is 9.97 Å². The van der Waals surface area contributed by atoms with Crippen molar-refractivity contribution < 1.29 is 4.79 Å². The quantitative estimate of drug-likeness (QED) is 0.767. The van der Waals surface area contributed by atoms with E-state index >= 15 is 0 Å². The summed E-state index contributed by atoms with van der Waals surface area (Å²) in [5.41, 5.74) is 1.49. The predicted octanol–water partition coefficient (Wildman–Crippen LogP) is 3.56. The van der Waals surface area contributed by atoms with Crippen LogP contribution in [0.1, 0.15) is 36.3 Å². The second-order valence-electron chi connectivity index (χ2n) is 6.03. The number of carbonyl (C=O) groups is 1. The Balaban J connectivity index is 1.78. The normalized spacial score (nSPS) is 10.7. The van der Waals surface area contributed by atoms with Gasteiger partial charge < -0.3 is 10.6 Å². The number of nitrogens with zero attached hydrogens (tertiary/aromatic N) is 2. The number of halogens is 1. The molecule has 1 aromatic carbocycles. The van der Waals surface area contributed by atoms with E-state index in [4.69, 9.17) is 11.6 Å². The zero-order valence-corrected chi connectivity index (χ0v) is 14.8. The molecule has 0 unspecified atom stereocenters. The molecular formula is C18H23ClN4O. The molecule has 0 fully saturated rings. The van der Waals surface area contributed by atoms with Crippen LogP contribution in [-0.4, -0.2) is 29.0 Å². The Labute approximate surface area is 147 Å². The molecule has 1 heterocycles. The maximum absolute atomic E-state index is 11.9. The van der Waals surface area contributed by atoms with Crippen LogP contribution in [0.4, 0.5) is 5.82 Å². The molecule has 2 aromatic rings. The third-order valence-corrected chi connectivity index (χ3v) is 3.74. The molecule has 0 radical (unpaired) electrons. The Morgan fingerprint density at radius 1 is 1.21 bits per heavy atom. The highest BCUT2D eigenvalue weighted by Gasteiger charge is 2.07. The third-order valence-electron chi connectivity index (χ3n) is 3.50. The zero-order valence-electron chi connectivity index (χ0n) is 14.1. The van der Waals surface area contributed by atoms with Crippen molar-refractivity contribution >= 4 is 23.3 Å². The van der Waals surface area contributed by atoms with Gasteiger partial charge in [-0.05, 0) is 36.5 Å². The largest absolute Gasteiger partial charge is 0.368 e. The Bertz CT molecular complexity index is 658. The molecule has 0 saturated heterocycles. The van der Waals surface area contributed by atoms with Crippen molar-refractivity contribution in [2.24, 2.45) is 5.92 Å². The molecule has 2 rings (SSSR count). The fourth-order valence-electron chi connectivity index (χ4n) is 2.13. The van der Waals surface area contributed by atoms with Crippen LogP contribution >= 0.6 is 11.6 Å². The average Bonchev–Trinajstić information content (AvgIpc) is 2.55. The minimum atomic E-state index is -0.186. The van der Waals surface area contributed by atoms with Gasteiger partial charge in [0.25, 0.3) is 5.91 Å². The van der Waals surface area contributed by atoms with Gasteiger partial charge in [-0.15, -0.1) is 0 Å². The third kappa shape index (κ3) is 6.16. The summed E-state index contributed by atoms with van der Waals surface area (Å²) in [6.45, 7) is 5.61. The molecule has 0 bridgehead atoms. The van der Waals surface area contributed by atoms with E-state index in [0.717, 1.165) is 30.0 Å². The van der Waals surface area contributed by atoms with Crippen molar-refractivity contribution in [1.29, 1.82) is 0 Å². The summed E-state index contributed by atoms with van der Waals surface area (Å²) in [5.74, 6) is 1.02. The fourth-order valence-corrected chi connectivity index (χ4v) is 2.34. The van der Waals surface area contributed by atoms with E-state index in [1.807, 2.05) is 24.3 Å². The van der Waals surface area contributed by atoms with Crippen molar-refractivity contribution in [2.75, 3.05) is 18.4 Å². The predicted molar refractivity (Wildman–Crippen MR) is 97.5 cm³/mol. The van der Waals surface area contributed by atoms with Crippen LogP contribution in [0.2, 0.25) is 5.02 Å².